The van der Waals surface area contributed by atoms with Crippen molar-refractivity contribution in [1.29, 1.82) is 0 Å². The molecule has 1 aromatic rings. The highest BCUT2D eigenvalue weighted by atomic mass is 14.9. The van der Waals surface area contributed by atoms with Gasteiger partial charge in [0.15, 0.2) is 0 Å². The fraction of sp³-hybridized carbons (Fsp3) is 0.692. The normalized spacial score (nSPS) is 22.1. The lowest BCUT2D eigenvalue weighted by molar-refractivity contribution is 0.530. The van der Waals surface area contributed by atoms with Crippen molar-refractivity contribution in [1.82, 2.24) is 9.97 Å². The molecule has 0 N–H and O–H groups in total. The molecule has 2 fully saturated rings. The van der Waals surface area contributed by atoms with Crippen LogP contribution in [0, 0.1) is 5.92 Å². The Morgan fingerprint density at radius 2 is 1.67 bits per heavy atom. The topological polar surface area (TPSA) is 25.8 Å². The first-order valence-corrected chi connectivity index (χ1v) is 6.22. The van der Waals surface area contributed by atoms with Crippen LogP contribution in [0.2, 0.25) is 0 Å². The first-order chi connectivity index (χ1) is 7.42. The van der Waals surface area contributed by atoms with Crippen LogP contribution in [-0.4, -0.2) is 9.97 Å². The summed E-state index contributed by atoms with van der Waals surface area (Å²) < 4.78 is 0. The maximum Gasteiger partial charge on any atom is 0.128 e. The zero-order chi connectivity index (χ0) is 10.1. The Bertz CT molecular complexity index is 321. The van der Waals surface area contributed by atoms with E-state index in [2.05, 4.69) is 22.4 Å². The highest BCUT2D eigenvalue weighted by molar-refractivity contribution is 5.17. The molecule has 0 bridgehead atoms. The zero-order valence-electron chi connectivity index (χ0n) is 9.15. The molecule has 80 valence electrons. The van der Waals surface area contributed by atoms with Gasteiger partial charge in [-0.15, -0.1) is 0 Å². The van der Waals surface area contributed by atoms with Gasteiger partial charge in [-0.25, -0.2) is 9.97 Å². The molecule has 2 nitrogen and oxygen atoms in total. The summed E-state index contributed by atoms with van der Waals surface area (Å²) in [6, 6.07) is 0. The van der Waals surface area contributed by atoms with E-state index in [4.69, 9.17) is 0 Å². The fourth-order valence-electron chi connectivity index (χ4n) is 2.57. The van der Waals surface area contributed by atoms with Gasteiger partial charge in [0, 0.05) is 18.8 Å². The molecular weight excluding hydrogens is 184 g/mol. The third-order valence-electron chi connectivity index (χ3n) is 3.72. The van der Waals surface area contributed by atoms with Crippen molar-refractivity contribution in [2.24, 2.45) is 5.92 Å². The predicted octanol–water partition coefficient (Wildman–Crippen LogP) is 3.09. The van der Waals surface area contributed by atoms with Crippen molar-refractivity contribution >= 4 is 0 Å². The van der Waals surface area contributed by atoms with E-state index in [0.717, 1.165) is 24.1 Å². The van der Waals surface area contributed by atoms with Gasteiger partial charge in [-0.05, 0) is 30.2 Å². The summed E-state index contributed by atoms with van der Waals surface area (Å²) in [7, 11) is 0. The predicted molar refractivity (Wildman–Crippen MR) is 59.7 cm³/mol. The molecule has 0 spiro atoms. The van der Waals surface area contributed by atoms with Crippen LogP contribution in [0.4, 0.5) is 0 Å². The Labute approximate surface area is 91.1 Å². The molecule has 15 heavy (non-hydrogen) atoms. The van der Waals surface area contributed by atoms with Gasteiger partial charge >= 0.3 is 0 Å². The molecule has 0 aromatic carbocycles. The highest BCUT2D eigenvalue weighted by Gasteiger charge is 2.24. The van der Waals surface area contributed by atoms with E-state index in [-0.39, 0.29) is 0 Å². The van der Waals surface area contributed by atoms with E-state index < -0.39 is 0 Å². The van der Waals surface area contributed by atoms with Gasteiger partial charge in [0.05, 0.1) is 0 Å². The first-order valence-electron chi connectivity index (χ1n) is 6.22. The van der Waals surface area contributed by atoms with Gasteiger partial charge in [0.25, 0.3) is 0 Å². The first kappa shape index (κ1) is 9.32. The van der Waals surface area contributed by atoms with Crippen LogP contribution >= 0.6 is 0 Å². The fourth-order valence-corrected chi connectivity index (χ4v) is 2.57. The third kappa shape index (κ3) is 2.19. The van der Waals surface area contributed by atoms with Crippen molar-refractivity contribution in [3.05, 3.63) is 23.8 Å². The number of hydrogen-bond donors (Lipinski definition) is 0. The number of nitrogens with zero attached hydrogens (tertiary/aromatic N) is 2. The lowest BCUT2D eigenvalue weighted by Crippen LogP contribution is -2.03. The molecule has 2 aliphatic carbocycles. The van der Waals surface area contributed by atoms with Crippen molar-refractivity contribution < 1.29 is 0 Å². The maximum absolute atomic E-state index is 4.49. The third-order valence-corrected chi connectivity index (χ3v) is 3.72. The van der Waals surface area contributed by atoms with Gasteiger partial charge in [0.2, 0.25) is 0 Å². The molecule has 0 atom stereocenters. The second kappa shape index (κ2) is 3.92. The summed E-state index contributed by atoms with van der Waals surface area (Å²) in [6.45, 7) is 0. The monoisotopic (exact) mass is 202 g/mol. The minimum absolute atomic E-state index is 0.783. The number of hydrogen-bond acceptors (Lipinski definition) is 2. The second-order valence-corrected chi connectivity index (χ2v) is 5.06. The Balaban J connectivity index is 1.64. The Morgan fingerprint density at radius 1 is 1.00 bits per heavy atom. The summed E-state index contributed by atoms with van der Waals surface area (Å²) in [4.78, 5) is 8.98. The summed E-state index contributed by atoms with van der Waals surface area (Å²) in [5, 5.41) is 0. The molecule has 3 rings (SSSR count). The summed E-state index contributed by atoms with van der Waals surface area (Å²) in [5.41, 5.74) is 1.35. The van der Waals surface area contributed by atoms with Crippen molar-refractivity contribution in [3.8, 4) is 0 Å². The van der Waals surface area contributed by atoms with Gasteiger partial charge in [-0.3, -0.25) is 0 Å². The van der Waals surface area contributed by atoms with Crippen LogP contribution in [0.5, 0.6) is 0 Å². The molecule has 0 saturated heterocycles. The lowest BCUT2D eigenvalue weighted by Gasteiger charge is -2.07. The van der Waals surface area contributed by atoms with Crippen molar-refractivity contribution in [2.45, 2.75) is 50.9 Å². The van der Waals surface area contributed by atoms with Crippen LogP contribution < -0.4 is 0 Å². The molecule has 2 aliphatic rings. The minimum atomic E-state index is 0.783. The van der Waals surface area contributed by atoms with Gasteiger partial charge in [-0.1, -0.05) is 25.7 Å². The minimum Gasteiger partial charge on any atom is -0.241 e. The van der Waals surface area contributed by atoms with Crippen molar-refractivity contribution in [3.63, 3.8) is 0 Å². The maximum atomic E-state index is 4.49. The average Bonchev–Trinajstić information content (AvgIpc) is 2.99. The summed E-state index contributed by atoms with van der Waals surface area (Å²) in [6.07, 6.45) is 13.5. The summed E-state index contributed by atoms with van der Waals surface area (Å²) >= 11 is 0. The lowest BCUT2D eigenvalue weighted by atomic mass is 10.0. The highest BCUT2D eigenvalue weighted by Crippen LogP contribution is 2.39. The Morgan fingerprint density at radius 3 is 2.27 bits per heavy atom. The largest absolute Gasteiger partial charge is 0.241 e. The van der Waals surface area contributed by atoms with E-state index in [1.807, 2.05) is 0 Å². The van der Waals surface area contributed by atoms with Crippen LogP contribution in [0.1, 0.15) is 55.8 Å². The zero-order valence-corrected chi connectivity index (χ0v) is 9.15. The second-order valence-electron chi connectivity index (χ2n) is 5.06. The van der Waals surface area contributed by atoms with E-state index >= 15 is 0 Å². The Hall–Kier alpha value is -0.920. The molecule has 0 unspecified atom stereocenters. The summed E-state index contributed by atoms with van der Waals surface area (Å²) in [5.74, 6) is 2.70. The molecule has 2 saturated carbocycles. The molecule has 2 heteroatoms. The van der Waals surface area contributed by atoms with E-state index in [1.54, 1.807) is 0 Å². The van der Waals surface area contributed by atoms with Crippen LogP contribution in [0.15, 0.2) is 12.4 Å². The van der Waals surface area contributed by atoms with Crippen molar-refractivity contribution in [2.75, 3.05) is 0 Å². The molecule has 0 amide bonds. The molecule has 1 heterocycles. The molecule has 1 aromatic heterocycles. The van der Waals surface area contributed by atoms with Crippen LogP contribution in [-0.2, 0) is 6.42 Å². The number of rotatable bonds is 3. The molecular formula is C13H18N2. The number of aromatic nitrogens is 2. The molecule has 0 aliphatic heterocycles. The quantitative estimate of drug-likeness (QED) is 0.752. The van der Waals surface area contributed by atoms with Crippen LogP contribution in [0.25, 0.3) is 0 Å². The van der Waals surface area contributed by atoms with Gasteiger partial charge in [-0.2, -0.15) is 0 Å². The Kier molecular flexibility index (Phi) is 2.43. The standard InChI is InChI=1S/C13H18N2/c1-2-4-10(3-1)7-13-14-8-12(9-15-13)11-5-6-11/h8-11H,1-7H2. The van der Waals surface area contributed by atoms with Gasteiger partial charge in [0.1, 0.15) is 5.82 Å². The SMILES string of the molecule is c1nc(CC2CCCC2)ncc1C1CC1. The van der Waals surface area contributed by atoms with Crippen LogP contribution in [0.3, 0.4) is 0 Å². The van der Waals surface area contributed by atoms with E-state index in [9.17, 15) is 0 Å². The molecule has 0 radical (unpaired) electrons. The average molecular weight is 202 g/mol. The van der Waals surface area contributed by atoms with E-state index in [1.165, 1.54) is 44.1 Å². The smallest absolute Gasteiger partial charge is 0.128 e. The van der Waals surface area contributed by atoms with E-state index in [0.29, 0.717) is 0 Å². The van der Waals surface area contributed by atoms with Gasteiger partial charge < -0.3 is 0 Å².